The Bertz CT molecular complexity index is 928. The molecule has 138 valence electrons. The number of hydrogen-bond donors (Lipinski definition) is 1. The standard InChI is InChI=1S/C17H17Cl2N3O3S/c1-12(2)20-21-16(23)11-22(15-10-6-9-14(18)17(15)19)26(24,25)13-7-4-3-5-8-13/h3-10H,11H2,1-2H3,(H,21,23). The summed E-state index contributed by atoms with van der Waals surface area (Å²) in [5.41, 5.74) is 3.04. The van der Waals surface area contributed by atoms with E-state index in [-0.39, 0.29) is 20.6 Å². The highest BCUT2D eigenvalue weighted by atomic mass is 35.5. The molecule has 1 N–H and O–H groups in total. The number of anilines is 1. The van der Waals surface area contributed by atoms with Gasteiger partial charge in [-0.15, -0.1) is 0 Å². The average Bonchev–Trinajstić information content (AvgIpc) is 2.61. The lowest BCUT2D eigenvalue weighted by Gasteiger charge is -2.25. The predicted octanol–water partition coefficient (Wildman–Crippen LogP) is 3.70. The van der Waals surface area contributed by atoms with Gasteiger partial charge in [-0.1, -0.05) is 47.5 Å². The number of halogens is 2. The predicted molar refractivity (Wildman–Crippen MR) is 104 cm³/mol. The van der Waals surface area contributed by atoms with E-state index in [1.165, 1.54) is 24.3 Å². The van der Waals surface area contributed by atoms with E-state index >= 15 is 0 Å². The molecule has 0 saturated heterocycles. The SMILES string of the molecule is CC(C)=NNC(=O)CN(c1cccc(Cl)c1Cl)S(=O)(=O)c1ccccc1. The summed E-state index contributed by atoms with van der Waals surface area (Å²) < 4.78 is 27.1. The zero-order valence-corrected chi connectivity index (χ0v) is 16.4. The zero-order valence-electron chi connectivity index (χ0n) is 14.1. The van der Waals surface area contributed by atoms with Crippen LogP contribution in [0.5, 0.6) is 0 Å². The van der Waals surface area contributed by atoms with Gasteiger partial charge in [0, 0.05) is 5.71 Å². The maximum atomic E-state index is 13.1. The summed E-state index contributed by atoms with van der Waals surface area (Å²) in [6.07, 6.45) is 0. The molecule has 0 atom stereocenters. The summed E-state index contributed by atoms with van der Waals surface area (Å²) in [4.78, 5) is 12.2. The largest absolute Gasteiger partial charge is 0.271 e. The van der Waals surface area contributed by atoms with Gasteiger partial charge in [-0.05, 0) is 38.1 Å². The Morgan fingerprint density at radius 2 is 1.73 bits per heavy atom. The van der Waals surface area contributed by atoms with Crippen molar-refractivity contribution in [1.29, 1.82) is 0 Å². The van der Waals surface area contributed by atoms with Crippen LogP contribution in [-0.4, -0.2) is 26.6 Å². The number of carbonyl (C=O) groups is 1. The van der Waals surface area contributed by atoms with Crippen LogP contribution < -0.4 is 9.73 Å². The number of carbonyl (C=O) groups excluding carboxylic acids is 1. The number of benzene rings is 2. The molecule has 0 heterocycles. The van der Waals surface area contributed by atoms with Gasteiger partial charge in [0.15, 0.2) is 0 Å². The Labute approximate surface area is 162 Å². The molecule has 0 radical (unpaired) electrons. The Morgan fingerprint density at radius 3 is 2.35 bits per heavy atom. The Balaban J connectivity index is 2.50. The van der Waals surface area contributed by atoms with Crippen molar-refractivity contribution < 1.29 is 13.2 Å². The molecule has 0 aliphatic carbocycles. The van der Waals surface area contributed by atoms with Gasteiger partial charge in [-0.2, -0.15) is 5.10 Å². The van der Waals surface area contributed by atoms with E-state index in [9.17, 15) is 13.2 Å². The quantitative estimate of drug-likeness (QED) is 0.578. The lowest BCUT2D eigenvalue weighted by Crippen LogP contribution is -2.39. The molecule has 26 heavy (non-hydrogen) atoms. The first-order valence-corrected chi connectivity index (χ1v) is 9.74. The normalized spacial score (nSPS) is 10.9. The van der Waals surface area contributed by atoms with E-state index in [2.05, 4.69) is 10.5 Å². The van der Waals surface area contributed by atoms with Crippen LogP contribution in [0.25, 0.3) is 0 Å². The number of hydrazone groups is 1. The molecule has 6 nitrogen and oxygen atoms in total. The molecule has 9 heteroatoms. The number of nitrogens with zero attached hydrogens (tertiary/aromatic N) is 2. The summed E-state index contributed by atoms with van der Waals surface area (Å²) in [6, 6.07) is 12.3. The van der Waals surface area contributed by atoms with Crippen LogP contribution in [0.2, 0.25) is 10.0 Å². The molecular weight excluding hydrogens is 397 g/mol. The number of amides is 1. The first-order chi connectivity index (χ1) is 12.2. The van der Waals surface area contributed by atoms with Gasteiger partial charge in [0.05, 0.1) is 20.6 Å². The number of sulfonamides is 1. The Kier molecular flexibility index (Phi) is 6.63. The van der Waals surface area contributed by atoms with Gasteiger partial charge in [-0.3, -0.25) is 9.10 Å². The molecule has 0 aromatic heterocycles. The van der Waals surface area contributed by atoms with Crippen molar-refractivity contribution in [2.45, 2.75) is 18.7 Å². The van der Waals surface area contributed by atoms with Crippen LogP contribution in [-0.2, 0) is 14.8 Å². The van der Waals surface area contributed by atoms with Crippen molar-refractivity contribution in [1.82, 2.24) is 5.43 Å². The highest BCUT2D eigenvalue weighted by Gasteiger charge is 2.29. The van der Waals surface area contributed by atoms with Gasteiger partial charge >= 0.3 is 0 Å². The summed E-state index contributed by atoms with van der Waals surface area (Å²) in [5, 5.41) is 4.02. The van der Waals surface area contributed by atoms with Crippen LogP contribution >= 0.6 is 23.2 Å². The molecular formula is C17H17Cl2N3O3S. The van der Waals surface area contributed by atoms with E-state index in [4.69, 9.17) is 23.2 Å². The topological polar surface area (TPSA) is 78.8 Å². The second-order valence-corrected chi connectivity index (χ2v) is 8.14. The van der Waals surface area contributed by atoms with Crippen LogP contribution in [0.1, 0.15) is 13.8 Å². The third-order valence-electron chi connectivity index (χ3n) is 3.22. The van der Waals surface area contributed by atoms with Crippen molar-refractivity contribution in [3.8, 4) is 0 Å². The van der Waals surface area contributed by atoms with Crippen molar-refractivity contribution in [3.05, 3.63) is 58.6 Å². The highest BCUT2D eigenvalue weighted by Crippen LogP contribution is 2.35. The molecule has 2 aromatic rings. The monoisotopic (exact) mass is 413 g/mol. The minimum Gasteiger partial charge on any atom is -0.271 e. The van der Waals surface area contributed by atoms with E-state index in [1.807, 2.05) is 0 Å². The second-order valence-electron chi connectivity index (χ2n) is 5.49. The van der Waals surface area contributed by atoms with Gasteiger partial charge < -0.3 is 0 Å². The van der Waals surface area contributed by atoms with Gasteiger partial charge in [-0.25, -0.2) is 13.8 Å². The molecule has 0 spiro atoms. The van der Waals surface area contributed by atoms with Crippen LogP contribution in [0.15, 0.2) is 58.5 Å². The molecule has 0 aliphatic rings. The maximum Gasteiger partial charge on any atom is 0.264 e. The fourth-order valence-electron chi connectivity index (χ4n) is 2.04. The second kappa shape index (κ2) is 8.53. The van der Waals surface area contributed by atoms with Crippen molar-refractivity contribution in [3.63, 3.8) is 0 Å². The van der Waals surface area contributed by atoms with Crippen molar-refractivity contribution in [2.75, 3.05) is 10.8 Å². The van der Waals surface area contributed by atoms with Crippen LogP contribution in [0.3, 0.4) is 0 Å². The number of hydrogen-bond acceptors (Lipinski definition) is 4. The summed E-state index contributed by atoms with van der Waals surface area (Å²) in [5.74, 6) is -0.609. The average molecular weight is 414 g/mol. The zero-order chi connectivity index (χ0) is 19.3. The fourth-order valence-corrected chi connectivity index (χ4v) is 3.95. The van der Waals surface area contributed by atoms with Gasteiger partial charge in [0.1, 0.15) is 6.54 Å². The lowest BCUT2D eigenvalue weighted by atomic mass is 10.3. The number of rotatable bonds is 6. The number of nitrogens with one attached hydrogen (secondary N) is 1. The van der Waals surface area contributed by atoms with Crippen molar-refractivity contribution >= 4 is 50.5 Å². The summed E-state index contributed by atoms with van der Waals surface area (Å²) >= 11 is 12.2. The Morgan fingerprint density at radius 1 is 1.08 bits per heavy atom. The summed E-state index contributed by atoms with van der Waals surface area (Å²) in [7, 11) is -4.05. The van der Waals surface area contributed by atoms with Crippen molar-refractivity contribution in [2.24, 2.45) is 5.10 Å². The summed E-state index contributed by atoms with van der Waals surface area (Å²) in [6.45, 7) is 2.90. The Hall–Kier alpha value is -2.09. The molecule has 0 fully saturated rings. The van der Waals surface area contributed by atoms with E-state index in [1.54, 1.807) is 38.1 Å². The van der Waals surface area contributed by atoms with E-state index in [0.717, 1.165) is 4.31 Å². The maximum absolute atomic E-state index is 13.1. The van der Waals surface area contributed by atoms with Crippen LogP contribution in [0, 0.1) is 0 Å². The van der Waals surface area contributed by atoms with Crippen LogP contribution in [0.4, 0.5) is 5.69 Å². The third-order valence-corrected chi connectivity index (χ3v) is 5.81. The molecule has 0 aliphatic heterocycles. The third kappa shape index (κ3) is 4.75. The van der Waals surface area contributed by atoms with E-state index < -0.39 is 22.5 Å². The molecule has 0 saturated carbocycles. The van der Waals surface area contributed by atoms with E-state index in [0.29, 0.717) is 5.71 Å². The first kappa shape index (κ1) is 20.2. The molecule has 0 unspecified atom stereocenters. The molecule has 1 amide bonds. The van der Waals surface area contributed by atoms with Gasteiger partial charge in [0.2, 0.25) is 0 Å². The minimum absolute atomic E-state index is 0.0269. The van der Waals surface area contributed by atoms with Gasteiger partial charge in [0.25, 0.3) is 15.9 Å². The fraction of sp³-hybridized carbons (Fsp3) is 0.176. The molecule has 2 rings (SSSR count). The smallest absolute Gasteiger partial charge is 0.264 e. The molecule has 0 bridgehead atoms. The highest BCUT2D eigenvalue weighted by molar-refractivity contribution is 7.92. The lowest BCUT2D eigenvalue weighted by molar-refractivity contribution is -0.119. The first-order valence-electron chi connectivity index (χ1n) is 7.55. The molecule has 2 aromatic carbocycles. The minimum atomic E-state index is -4.05.